The smallest absolute Gasteiger partial charge is 0.312 e. The summed E-state index contributed by atoms with van der Waals surface area (Å²) in [5, 5.41) is 8.47. The first kappa shape index (κ1) is 12.0. The SMILES string of the molecule is NC(=O)NCCNC(=O)C1=NNC(=O)CC1. The first-order chi connectivity index (χ1) is 7.59. The van der Waals surface area contributed by atoms with Crippen molar-refractivity contribution in [2.24, 2.45) is 10.8 Å². The highest BCUT2D eigenvalue weighted by atomic mass is 16.2. The second kappa shape index (κ2) is 5.69. The number of hydrazone groups is 1. The molecule has 8 nitrogen and oxygen atoms in total. The summed E-state index contributed by atoms with van der Waals surface area (Å²) in [6, 6.07) is -0.642. The van der Waals surface area contributed by atoms with Crippen molar-refractivity contribution < 1.29 is 14.4 Å². The Bertz CT molecular complexity index is 339. The number of nitrogens with two attached hydrogens (primary N) is 1. The summed E-state index contributed by atoms with van der Waals surface area (Å²) in [7, 11) is 0. The summed E-state index contributed by atoms with van der Waals surface area (Å²) >= 11 is 0. The van der Waals surface area contributed by atoms with Crippen molar-refractivity contribution in [2.75, 3.05) is 13.1 Å². The largest absolute Gasteiger partial charge is 0.352 e. The fourth-order valence-electron chi connectivity index (χ4n) is 1.10. The minimum absolute atomic E-state index is 0.202. The molecule has 16 heavy (non-hydrogen) atoms. The van der Waals surface area contributed by atoms with E-state index in [0.29, 0.717) is 6.42 Å². The topological polar surface area (TPSA) is 126 Å². The van der Waals surface area contributed by atoms with Crippen molar-refractivity contribution in [1.82, 2.24) is 16.1 Å². The van der Waals surface area contributed by atoms with Gasteiger partial charge in [-0.25, -0.2) is 10.2 Å². The Balaban J connectivity index is 2.25. The van der Waals surface area contributed by atoms with E-state index in [4.69, 9.17) is 5.73 Å². The first-order valence-corrected chi connectivity index (χ1v) is 4.76. The molecule has 0 saturated carbocycles. The molecule has 0 fully saturated rings. The van der Waals surface area contributed by atoms with E-state index in [1.807, 2.05) is 0 Å². The molecule has 4 amide bonds. The van der Waals surface area contributed by atoms with Crippen LogP contribution < -0.4 is 21.8 Å². The molecule has 0 saturated heterocycles. The quantitative estimate of drug-likeness (QED) is 0.416. The van der Waals surface area contributed by atoms with Gasteiger partial charge in [-0.3, -0.25) is 9.59 Å². The maximum absolute atomic E-state index is 11.4. The van der Waals surface area contributed by atoms with Crippen LogP contribution in [0.15, 0.2) is 5.10 Å². The normalized spacial score (nSPS) is 14.8. The molecular formula is C8H13N5O3. The molecule has 0 spiro atoms. The Morgan fingerprint density at radius 1 is 1.31 bits per heavy atom. The molecule has 0 radical (unpaired) electrons. The zero-order chi connectivity index (χ0) is 12.0. The van der Waals surface area contributed by atoms with Gasteiger partial charge in [0.15, 0.2) is 0 Å². The number of nitrogens with zero attached hydrogens (tertiary/aromatic N) is 1. The monoisotopic (exact) mass is 227 g/mol. The number of primary amides is 1. The number of carbonyl (C=O) groups is 3. The summed E-state index contributed by atoms with van der Waals surface area (Å²) < 4.78 is 0. The van der Waals surface area contributed by atoms with Crippen LogP contribution in [0.2, 0.25) is 0 Å². The maximum Gasteiger partial charge on any atom is 0.312 e. The van der Waals surface area contributed by atoms with Gasteiger partial charge in [0.05, 0.1) is 0 Å². The molecule has 0 aliphatic carbocycles. The number of carbonyl (C=O) groups excluding carboxylic acids is 3. The Morgan fingerprint density at radius 2 is 2.00 bits per heavy atom. The second-order valence-electron chi connectivity index (χ2n) is 3.14. The van der Waals surface area contributed by atoms with Crippen LogP contribution in [-0.4, -0.2) is 36.6 Å². The molecule has 88 valence electrons. The highest BCUT2D eigenvalue weighted by Crippen LogP contribution is 1.98. The van der Waals surface area contributed by atoms with E-state index >= 15 is 0 Å². The number of nitrogens with one attached hydrogen (secondary N) is 3. The van der Waals surface area contributed by atoms with Crippen LogP contribution in [0.1, 0.15) is 12.8 Å². The van der Waals surface area contributed by atoms with E-state index in [1.54, 1.807) is 0 Å². The predicted molar refractivity (Wildman–Crippen MR) is 55.4 cm³/mol. The molecule has 1 rings (SSSR count). The molecule has 0 bridgehead atoms. The lowest BCUT2D eigenvalue weighted by molar-refractivity contribution is -0.121. The van der Waals surface area contributed by atoms with Gasteiger partial charge in [0.25, 0.3) is 5.91 Å². The van der Waals surface area contributed by atoms with Crippen LogP contribution in [0.3, 0.4) is 0 Å². The molecular weight excluding hydrogens is 214 g/mol. The molecule has 8 heteroatoms. The van der Waals surface area contributed by atoms with Crippen LogP contribution in [0, 0.1) is 0 Å². The van der Waals surface area contributed by atoms with E-state index in [2.05, 4.69) is 21.2 Å². The van der Waals surface area contributed by atoms with Gasteiger partial charge >= 0.3 is 6.03 Å². The van der Waals surface area contributed by atoms with E-state index < -0.39 is 6.03 Å². The average Bonchev–Trinajstić information content (AvgIpc) is 2.25. The molecule has 1 aliphatic heterocycles. The number of rotatable bonds is 4. The summed E-state index contributed by atoms with van der Waals surface area (Å²) in [5.41, 5.74) is 7.33. The molecule has 0 aromatic heterocycles. The predicted octanol–water partition coefficient (Wildman–Crippen LogP) is -1.96. The average molecular weight is 227 g/mol. The Labute approximate surface area is 91.6 Å². The van der Waals surface area contributed by atoms with Crippen LogP contribution in [0.25, 0.3) is 0 Å². The lowest BCUT2D eigenvalue weighted by Crippen LogP contribution is -2.41. The van der Waals surface area contributed by atoms with E-state index in [9.17, 15) is 14.4 Å². The second-order valence-corrected chi connectivity index (χ2v) is 3.14. The Kier molecular flexibility index (Phi) is 4.25. The molecule has 1 aliphatic rings. The van der Waals surface area contributed by atoms with E-state index in [1.165, 1.54) is 0 Å². The highest BCUT2D eigenvalue weighted by molar-refractivity contribution is 6.39. The Morgan fingerprint density at radius 3 is 2.56 bits per heavy atom. The van der Waals surface area contributed by atoms with Gasteiger partial charge in [-0.15, -0.1) is 0 Å². The van der Waals surface area contributed by atoms with Crippen molar-refractivity contribution in [2.45, 2.75) is 12.8 Å². The van der Waals surface area contributed by atoms with Crippen molar-refractivity contribution in [3.8, 4) is 0 Å². The van der Waals surface area contributed by atoms with Gasteiger partial charge in [-0.2, -0.15) is 5.10 Å². The van der Waals surface area contributed by atoms with Gasteiger partial charge in [0.1, 0.15) is 5.71 Å². The number of hydrogen-bond donors (Lipinski definition) is 4. The number of hydrogen-bond acceptors (Lipinski definition) is 4. The lowest BCUT2D eigenvalue weighted by Gasteiger charge is -2.11. The summed E-state index contributed by atoms with van der Waals surface area (Å²) in [5.74, 6) is -0.557. The van der Waals surface area contributed by atoms with Crippen molar-refractivity contribution >= 4 is 23.6 Å². The fourth-order valence-corrected chi connectivity index (χ4v) is 1.10. The van der Waals surface area contributed by atoms with E-state index in [0.717, 1.165) is 0 Å². The minimum atomic E-state index is -0.642. The van der Waals surface area contributed by atoms with Crippen LogP contribution in [0.5, 0.6) is 0 Å². The van der Waals surface area contributed by atoms with Crippen molar-refractivity contribution in [1.29, 1.82) is 0 Å². The summed E-state index contributed by atoms with van der Waals surface area (Å²) in [4.78, 5) is 32.5. The van der Waals surface area contributed by atoms with Gasteiger partial charge in [-0.1, -0.05) is 0 Å². The number of amides is 4. The van der Waals surface area contributed by atoms with Gasteiger partial charge in [0.2, 0.25) is 5.91 Å². The molecule has 1 heterocycles. The van der Waals surface area contributed by atoms with Crippen LogP contribution in [-0.2, 0) is 9.59 Å². The summed E-state index contributed by atoms with van der Waals surface area (Å²) in [6.07, 6.45) is 0.576. The molecule has 0 atom stereocenters. The first-order valence-electron chi connectivity index (χ1n) is 4.76. The Hall–Kier alpha value is -2.12. The molecule has 0 aromatic carbocycles. The van der Waals surface area contributed by atoms with Gasteiger partial charge in [0, 0.05) is 25.9 Å². The van der Waals surface area contributed by atoms with Gasteiger partial charge < -0.3 is 16.4 Å². The molecule has 5 N–H and O–H groups in total. The minimum Gasteiger partial charge on any atom is -0.352 e. The third-order valence-electron chi connectivity index (χ3n) is 1.88. The van der Waals surface area contributed by atoms with Crippen molar-refractivity contribution in [3.05, 3.63) is 0 Å². The highest BCUT2D eigenvalue weighted by Gasteiger charge is 2.17. The van der Waals surface area contributed by atoms with Gasteiger partial charge in [-0.05, 0) is 0 Å². The number of urea groups is 1. The molecule has 0 aromatic rings. The maximum atomic E-state index is 11.4. The standard InChI is InChI=1S/C8H13N5O3/c9-8(16)11-4-3-10-7(15)5-1-2-6(14)13-12-5/h1-4H2,(H,10,15)(H,13,14)(H3,9,11,16). The third kappa shape index (κ3) is 3.95. The fraction of sp³-hybridized carbons (Fsp3) is 0.500. The third-order valence-corrected chi connectivity index (χ3v) is 1.88. The zero-order valence-electron chi connectivity index (χ0n) is 8.58. The van der Waals surface area contributed by atoms with Crippen LogP contribution in [0.4, 0.5) is 4.79 Å². The molecule has 0 unspecified atom stereocenters. The zero-order valence-corrected chi connectivity index (χ0v) is 8.58. The van der Waals surface area contributed by atoms with Crippen molar-refractivity contribution in [3.63, 3.8) is 0 Å². The summed E-state index contributed by atoms with van der Waals surface area (Å²) in [6.45, 7) is 0.509. The van der Waals surface area contributed by atoms with Crippen LogP contribution >= 0.6 is 0 Å². The lowest BCUT2D eigenvalue weighted by atomic mass is 10.1. The van der Waals surface area contributed by atoms with E-state index in [-0.39, 0.29) is 37.0 Å².